The van der Waals surface area contributed by atoms with Gasteiger partial charge in [0.1, 0.15) is 6.17 Å². The number of nitrogens with one attached hydrogen (secondary N) is 3. The van der Waals surface area contributed by atoms with E-state index in [0.717, 1.165) is 42.0 Å². The number of aryl methyl sites for hydroxylation is 1. The predicted octanol–water partition coefficient (Wildman–Crippen LogP) is 5.45. The lowest BCUT2D eigenvalue weighted by Gasteiger charge is -2.23. The lowest BCUT2D eigenvalue weighted by molar-refractivity contribution is -0.127. The van der Waals surface area contributed by atoms with E-state index in [2.05, 4.69) is 53.5 Å². The second kappa shape index (κ2) is 19.8. The third-order valence-corrected chi connectivity index (χ3v) is 12.4. The highest BCUT2D eigenvalue weighted by Gasteiger charge is 2.43. The number of alkyl halides is 1. The maximum absolute atomic E-state index is 13.2. The van der Waals surface area contributed by atoms with Crippen LogP contribution in [0.15, 0.2) is 43.0 Å². The normalized spacial score (nSPS) is 23.5. The van der Waals surface area contributed by atoms with Crippen molar-refractivity contribution in [2.24, 2.45) is 11.8 Å². The van der Waals surface area contributed by atoms with E-state index < -0.39 is 6.17 Å². The fourth-order valence-corrected chi connectivity index (χ4v) is 8.73. The zero-order valence-corrected chi connectivity index (χ0v) is 35.9. The van der Waals surface area contributed by atoms with Gasteiger partial charge in [0, 0.05) is 24.2 Å². The van der Waals surface area contributed by atoms with Crippen LogP contribution in [0, 0.1) is 18.8 Å². The molecule has 0 radical (unpaired) electrons. The van der Waals surface area contributed by atoms with Crippen LogP contribution in [0.2, 0.25) is 0 Å². The molecule has 1 unspecified atom stereocenters. The summed E-state index contributed by atoms with van der Waals surface area (Å²) in [5, 5.41) is 32.0. The summed E-state index contributed by atoms with van der Waals surface area (Å²) in [4.78, 5) is 69.3. The number of aromatic nitrogens is 6. The number of nitrogens with zero attached hydrogens (tertiary/aromatic N) is 6. The van der Waals surface area contributed by atoms with E-state index in [9.17, 15) is 33.2 Å². The standard InChI is InChI=1S/C16H19N3O3.C16H19N3O2.C14H14FN3O2/c1-22-16-11(10-5-3-2-4-6-10)7-13(18-19-16)12-9-17-15(21)8-14(12)20;1-3-4-10-5-12(10)11-6-14(19-18-9(11)2)13-8-17-16(21)7-15(13)20;1-7(15)9-3-10(9)8-2-12(18-17-5-8)11-6-16-14(20)4-13(11)19/h7,9-10H,2-6,8H2,1H3,(H,17,21);6,8,10,12H,3-5,7H2,1-2H3,(H,17,21);2,5-7,9-10H,3-4H2,1H3,(H,16,20)/t;10-,12-;7?,9-,10-/m.01/s1. The van der Waals surface area contributed by atoms with Gasteiger partial charge in [-0.05, 0) is 98.4 Å². The molecule has 3 aliphatic carbocycles. The Balaban J connectivity index is 0.000000142. The summed E-state index contributed by atoms with van der Waals surface area (Å²) in [6, 6.07) is 5.63. The summed E-state index contributed by atoms with van der Waals surface area (Å²) >= 11 is 0. The van der Waals surface area contributed by atoms with Crippen molar-refractivity contribution in [2.75, 3.05) is 7.11 Å². The Morgan fingerprint density at radius 3 is 1.75 bits per heavy atom. The SMILES string of the molecule is CC(F)[C@H]1C[C@@H]1c1cnnc(C2=CNC(=O)CC2=O)c1.CCC[C@H]1C[C@@H]1c1cc(C2=CNC(=O)CC2=O)nnc1C.COc1nnc(C2=CNC(=O)CC2=O)cc1C1CCCCC1. The van der Waals surface area contributed by atoms with Crippen LogP contribution in [0.3, 0.4) is 0 Å². The Hall–Kier alpha value is -6.39. The molecule has 3 N–H and O–H groups in total. The van der Waals surface area contributed by atoms with Crippen molar-refractivity contribution in [1.29, 1.82) is 0 Å². The van der Waals surface area contributed by atoms with Crippen molar-refractivity contribution in [2.45, 2.75) is 122 Å². The number of ketones is 3. The van der Waals surface area contributed by atoms with Crippen molar-refractivity contribution in [3.8, 4) is 5.88 Å². The first-order valence-corrected chi connectivity index (χ1v) is 21.7. The van der Waals surface area contributed by atoms with Gasteiger partial charge in [-0.15, -0.1) is 10.2 Å². The van der Waals surface area contributed by atoms with E-state index >= 15 is 0 Å². The van der Waals surface area contributed by atoms with Gasteiger partial charge >= 0.3 is 0 Å². The van der Waals surface area contributed by atoms with Gasteiger partial charge in [-0.3, -0.25) is 28.8 Å². The average Bonchev–Trinajstić information content (AvgIpc) is 4.21. The minimum absolute atomic E-state index is 0.0304. The molecule has 3 amide bonds. The monoisotopic (exact) mass is 861 g/mol. The number of Topliss-reactive ketones (excluding diaryl/α,β-unsaturated/α-hetero) is 3. The number of carbonyl (C=O) groups excluding carboxylic acids is 6. The predicted molar refractivity (Wildman–Crippen MR) is 228 cm³/mol. The highest BCUT2D eigenvalue weighted by molar-refractivity contribution is 6.28. The van der Waals surface area contributed by atoms with Gasteiger partial charge in [0.25, 0.3) is 0 Å². The zero-order chi connectivity index (χ0) is 44.8. The maximum Gasteiger partial charge on any atom is 0.236 e. The molecule has 16 nitrogen and oxygen atoms in total. The topological polar surface area (TPSA) is 225 Å². The maximum atomic E-state index is 13.2. The Kier molecular flexibility index (Phi) is 14.0. The van der Waals surface area contributed by atoms with Gasteiger partial charge in [0.2, 0.25) is 23.6 Å². The third-order valence-electron chi connectivity index (χ3n) is 12.4. The molecular weight excluding hydrogens is 810 g/mol. The number of carbonyl (C=O) groups is 6. The van der Waals surface area contributed by atoms with Gasteiger partial charge in [0.15, 0.2) is 17.3 Å². The molecule has 17 heteroatoms. The Morgan fingerprint density at radius 1 is 0.698 bits per heavy atom. The Labute approximate surface area is 364 Å². The van der Waals surface area contributed by atoms with Crippen LogP contribution in [0.5, 0.6) is 5.88 Å². The molecular formula is C46H52FN9O7. The zero-order valence-electron chi connectivity index (χ0n) is 35.9. The largest absolute Gasteiger partial charge is 0.480 e. The fraction of sp³-hybridized carbons (Fsp3) is 0.478. The molecule has 3 aliphatic heterocycles. The number of hydrogen-bond acceptors (Lipinski definition) is 13. The van der Waals surface area contributed by atoms with Crippen molar-refractivity contribution in [3.63, 3.8) is 0 Å². The lowest BCUT2D eigenvalue weighted by atomic mass is 9.84. The molecule has 3 fully saturated rings. The van der Waals surface area contributed by atoms with Crippen molar-refractivity contribution < 1.29 is 37.9 Å². The fourth-order valence-electron chi connectivity index (χ4n) is 8.73. The summed E-state index contributed by atoms with van der Waals surface area (Å²) in [6.07, 6.45) is 14.9. The van der Waals surface area contributed by atoms with Gasteiger partial charge in [-0.1, -0.05) is 39.0 Å². The molecule has 0 saturated heterocycles. The van der Waals surface area contributed by atoms with Crippen LogP contribution >= 0.6 is 0 Å². The average molecular weight is 862 g/mol. The molecule has 3 saturated carbocycles. The first-order valence-electron chi connectivity index (χ1n) is 21.7. The van der Waals surface area contributed by atoms with E-state index in [1.54, 1.807) is 26.3 Å². The Bertz CT molecular complexity index is 2410. The molecule has 5 atom stereocenters. The minimum atomic E-state index is -0.841. The third kappa shape index (κ3) is 10.8. The number of hydrogen-bond donors (Lipinski definition) is 3. The number of amides is 3. The summed E-state index contributed by atoms with van der Waals surface area (Å²) in [5.74, 6) is 0.826. The molecule has 6 aliphatic rings. The van der Waals surface area contributed by atoms with Crippen LogP contribution in [0.4, 0.5) is 4.39 Å². The molecule has 6 heterocycles. The molecule has 63 heavy (non-hydrogen) atoms. The van der Waals surface area contributed by atoms with E-state index in [4.69, 9.17) is 4.74 Å². The van der Waals surface area contributed by atoms with Crippen LogP contribution in [0.25, 0.3) is 16.7 Å². The first kappa shape index (κ1) is 44.7. The number of ether oxygens (including phenoxy) is 1. The van der Waals surface area contributed by atoms with Crippen LogP contribution < -0.4 is 20.7 Å². The van der Waals surface area contributed by atoms with Crippen molar-refractivity contribution >= 4 is 51.8 Å². The number of halogens is 1. The van der Waals surface area contributed by atoms with Crippen LogP contribution in [-0.2, 0) is 28.8 Å². The quantitative estimate of drug-likeness (QED) is 0.216. The van der Waals surface area contributed by atoms with Gasteiger partial charge < -0.3 is 20.7 Å². The van der Waals surface area contributed by atoms with Crippen LogP contribution in [-0.4, -0.2) is 78.9 Å². The number of rotatable bonds is 10. The van der Waals surface area contributed by atoms with Crippen molar-refractivity contribution in [1.82, 2.24) is 46.5 Å². The van der Waals surface area contributed by atoms with Gasteiger partial charge in [0.05, 0.1) is 72.1 Å². The van der Waals surface area contributed by atoms with E-state index in [1.807, 2.05) is 19.1 Å². The second-order valence-electron chi connectivity index (χ2n) is 16.9. The van der Waals surface area contributed by atoms with E-state index in [-0.39, 0.29) is 66.2 Å². The number of methoxy groups -OCH3 is 1. The molecule has 0 spiro atoms. The highest BCUT2D eigenvalue weighted by Crippen LogP contribution is 2.51. The molecule has 3 aromatic heterocycles. The van der Waals surface area contributed by atoms with E-state index in [0.29, 0.717) is 51.5 Å². The summed E-state index contributed by atoms with van der Waals surface area (Å²) in [6.45, 7) is 5.72. The number of allylic oxidation sites excluding steroid dienone is 3. The summed E-state index contributed by atoms with van der Waals surface area (Å²) in [7, 11) is 1.58. The molecule has 9 rings (SSSR count). The van der Waals surface area contributed by atoms with Crippen molar-refractivity contribution in [3.05, 3.63) is 82.5 Å². The molecule has 3 aromatic rings. The smallest absolute Gasteiger partial charge is 0.236 e. The van der Waals surface area contributed by atoms with Gasteiger partial charge in [-0.2, -0.15) is 20.4 Å². The Morgan fingerprint density at radius 2 is 1.24 bits per heavy atom. The molecule has 0 aromatic carbocycles. The van der Waals surface area contributed by atoms with Gasteiger partial charge in [-0.25, -0.2) is 4.39 Å². The summed E-state index contributed by atoms with van der Waals surface area (Å²) < 4.78 is 18.6. The minimum Gasteiger partial charge on any atom is -0.480 e. The summed E-state index contributed by atoms with van der Waals surface area (Å²) in [5.41, 5.74) is 6.78. The second-order valence-corrected chi connectivity index (χ2v) is 16.9. The first-order chi connectivity index (χ1) is 30.3. The van der Waals surface area contributed by atoms with E-state index in [1.165, 1.54) is 62.7 Å². The molecule has 0 bridgehead atoms. The molecule has 330 valence electrons. The highest BCUT2D eigenvalue weighted by atomic mass is 19.1. The van der Waals surface area contributed by atoms with Crippen LogP contribution in [0.1, 0.15) is 148 Å². The lowest BCUT2D eigenvalue weighted by Crippen LogP contribution is -2.27.